The molecule has 0 saturated carbocycles. The van der Waals surface area contributed by atoms with Gasteiger partial charge in [0.15, 0.2) is 22.3 Å². The molecule has 0 unspecified atom stereocenters. The normalized spacial score (nSPS) is 13.5. The van der Waals surface area contributed by atoms with Gasteiger partial charge in [0.05, 0.1) is 16.3 Å². The molecule has 152 valence electrons. The smallest absolute Gasteiger partial charge is 0.417 e. The van der Waals surface area contributed by atoms with Crippen LogP contribution in [0.25, 0.3) is 5.82 Å². The number of pyridine rings is 1. The fourth-order valence-corrected chi connectivity index (χ4v) is 4.15. The number of ether oxygens (including phenoxy) is 2. The number of halogens is 4. The lowest BCUT2D eigenvalue weighted by molar-refractivity contribution is -0.137. The van der Waals surface area contributed by atoms with Gasteiger partial charge < -0.3 is 9.47 Å². The Hall–Kier alpha value is -2.92. The predicted molar refractivity (Wildman–Crippen MR) is 96.9 cm³/mol. The molecule has 0 saturated heterocycles. The van der Waals surface area contributed by atoms with Crippen molar-refractivity contribution in [1.29, 1.82) is 0 Å². The minimum Gasteiger partial charge on any atom is -0.454 e. The number of alkyl halides is 3. The molecule has 0 aliphatic carbocycles. The highest BCUT2D eigenvalue weighted by molar-refractivity contribution is 7.92. The van der Waals surface area contributed by atoms with E-state index in [1.165, 1.54) is 30.5 Å². The molecule has 1 aromatic carbocycles. The molecule has 29 heavy (non-hydrogen) atoms. The van der Waals surface area contributed by atoms with Crippen LogP contribution in [0.15, 0.2) is 53.8 Å². The molecule has 0 amide bonds. The Labute approximate surface area is 167 Å². The summed E-state index contributed by atoms with van der Waals surface area (Å²) >= 11 is 5.94. The van der Waals surface area contributed by atoms with Gasteiger partial charge >= 0.3 is 6.18 Å². The van der Waals surface area contributed by atoms with Crippen LogP contribution >= 0.6 is 11.6 Å². The number of rotatable bonds is 4. The van der Waals surface area contributed by atoms with Gasteiger partial charge in [0.25, 0.3) is 10.0 Å². The number of fused-ring (bicyclic) bond motifs is 1. The minimum absolute atomic E-state index is 0.0342. The highest BCUT2D eigenvalue weighted by Crippen LogP contribution is 2.35. The Bertz CT molecular complexity index is 1190. The fourth-order valence-electron chi connectivity index (χ4n) is 2.69. The quantitative estimate of drug-likeness (QED) is 0.654. The summed E-state index contributed by atoms with van der Waals surface area (Å²) in [5.41, 5.74) is -0.824. The van der Waals surface area contributed by atoms with Gasteiger partial charge in [-0.05, 0) is 30.3 Å². The van der Waals surface area contributed by atoms with Crippen molar-refractivity contribution in [2.45, 2.75) is 11.2 Å². The summed E-state index contributed by atoms with van der Waals surface area (Å²) in [4.78, 5) is 3.70. The van der Waals surface area contributed by atoms with E-state index in [1.807, 2.05) is 0 Å². The van der Waals surface area contributed by atoms with Crippen molar-refractivity contribution < 1.29 is 31.1 Å². The zero-order chi connectivity index (χ0) is 20.8. The van der Waals surface area contributed by atoms with E-state index in [4.69, 9.17) is 21.1 Å². The summed E-state index contributed by atoms with van der Waals surface area (Å²) < 4.78 is 78.0. The maximum atomic E-state index is 12.8. The largest absolute Gasteiger partial charge is 0.454 e. The molecule has 4 rings (SSSR count). The Morgan fingerprint density at radius 2 is 1.90 bits per heavy atom. The Balaban J connectivity index is 1.68. The first-order valence-electron chi connectivity index (χ1n) is 7.98. The van der Waals surface area contributed by atoms with Crippen LogP contribution in [0.4, 0.5) is 18.9 Å². The Morgan fingerprint density at radius 3 is 2.62 bits per heavy atom. The number of anilines is 1. The summed E-state index contributed by atoms with van der Waals surface area (Å²) in [7, 11) is -4.13. The lowest BCUT2D eigenvalue weighted by Gasteiger charge is -2.14. The second-order valence-corrected chi connectivity index (χ2v) is 7.95. The number of nitrogens with zero attached hydrogens (tertiary/aromatic N) is 2. The average molecular weight is 446 g/mol. The van der Waals surface area contributed by atoms with Crippen molar-refractivity contribution in [3.8, 4) is 17.3 Å². The van der Waals surface area contributed by atoms with Gasteiger partial charge in [-0.25, -0.2) is 4.98 Å². The lowest BCUT2D eigenvalue weighted by atomic mass is 10.3. The fraction of sp³-hybridized carbons (Fsp3) is 0.118. The van der Waals surface area contributed by atoms with Crippen LogP contribution in [0.2, 0.25) is 5.02 Å². The number of sulfonamides is 1. The molecule has 1 aliphatic rings. The molecular formula is C17H11ClF3N3O4S. The van der Waals surface area contributed by atoms with Crippen LogP contribution in [0.5, 0.6) is 11.5 Å². The van der Waals surface area contributed by atoms with Crippen molar-refractivity contribution in [1.82, 2.24) is 9.55 Å². The van der Waals surface area contributed by atoms with Gasteiger partial charge in [0.2, 0.25) is 6.79 Å². The first-order chi connectivity index (χ1) is 13.6. The summed E-state index contributed by atoms with van der Waals surface area (Å²) in [6.07, 6.45) is -2.71. The molecular weight excluding hydrogens is 435 g/mol. The molecule has 7 nitrogen and oxygen atoms in total. The van der Waals surface area contributed by atoms with Gasteiger partial charge in [0, 0.05) is 18.5 Å². The molecule has 3 aromatic rings. The average Bonchev–Trinajstić information content (AvgIpc) is 3.29. The summed E-state index contributed by atoms with van der Waals surface area (Å²) in [6, 6.07) is 7.85. The van der Waals surface area contributed by atoms with Crippen LogP contribution in [-0.4, -0.2) is 24.8 Å². The third-order valence-corrected chi connectivity index (χ3v) is 5.65. The van der Waals surface area contributed by atoms with E-state index in [0.717, 1.165) is 4.57 Å². The number of nitrogens with one attached hydrogen (secondary N) is 1. The van der Waals surface area contributed by atoms with E-state index in [9.17, 15) is 21.6 Å². The molecule has 0 atom stereocenters. The van der Waals surface area contributed by atoms with E-state index in [-0.39, 0.29) is 28.3 Å². The van der Waals surface area contributed by atoms with Crippen molar-refractivity contribution in [3.05, 3.63) is 59.4 Å². The Morgan fingerprint density at radius 1 is 1.14 bits per heavy atom. The van der Waals surface area contributed by atoms with Gasteiger partial charge in [-0.2, -0.15) is 21.6 Å². The van der Waals surface area contributed by atoms with Crippen molar-refractivity contribution in [2.75, 3.05) is 11.5 Å². The van der Waals surface area contributed by atoms with Gasteiger partial charge in [0.1, 0.15) is 0 Å². The lowest BCUT2D eigenvalue weighted by Crippen LogP contribution is -2.17. The zero-order valence-corrected chi connectivity index (χ0v) is 15.8. The number of aromatic nitrogens is 2. The molecule has 2 aromatic heterocycles. The first kappa shape index (κ1) is 19.4. The number of hydrogen-bond donors (Lipinski definition) is 1. The predicted octanol–water partition coefficient (Wildman–Crippen LogP) is 4.07. The summed E-state index contributed by atoms with van der Waals surface area (Å²) in [5, 5.41) is -0.611. The van der Waals surface area contributed by atoms with Gasteiger partial charge in [-0.15, -0.1) is 0 Å². The number of benzene rings is 1. The van der Waals surface area contributed by atoms with E-state index < -0.39 is 21.8 Å². The van der Waals surface area contributed by atoms with Crippen LogP contribution in [0.1, 0.15) is 5.56 Å². The highest BCUT2D eigenvalue weighted by atomic mass is 35.5. The van der Waals surface area contributed by atoms with Crippen LogP contribution in [-0.2, 0) is 16.2 Å². The van der Waals surface area contributed by atoms with E-state index in [0.29, 0.717) is 23.8 Å². The van der Waals surface area contributed by atoms with Crippen LogP contribution in [0.3, 0.4) is 0 Å². The molecule has 12 heteroatoms. The topological polar surface area (TPSA) is 82.5 Å². The Kier molecular flexibility index (Phi) is 4.58. The molecule has 1 N–H and O–H groups in total. The second-order valence-electron chi connectivity index (χ2n) is 5.92. The summed E-state index contributed by atoms with van der Waals surface area (Å²) in [6.45, 7) is 0.0342. The van der Waals surface area contributed by atoms with E-state index >= 15 is 0 Å². The van der Waals surface area contributed by atoms with Crippen molar-refractivity contribution >= 4 is 27.3 Å². The maximum absolute atomic E-state index is 12.8. The van der Waals surface area contributed by atoms with Crippen molar-refractivity contribution in [3.63, 3.8) is 0 Å². The van der Waals surface area contributed by atoms with Crippen LogP contribution < -0.4 is 14.2 Å². The third-order valence-electron chi connectivity index (χ3n) is 3.99. The molecule has 0 bridgehead atoms. The van der Waals surface area contributed by atoms with E-state index in [2.05, 4.69) is 9.71 Å². The minimum atomic E-state index is -4.62. The first-order valence-corrected chi connectivity index (χ1v) is 9.84. The SMILES string of the molecule is O=S(=O)(Nc1ccc2c(c1)OCO2)c1cccn1-c1ncc(C(F)(F)F)cc1Cl. The zero-order valence-electron chi connectivity index (χ0n) is 14.3. The van der Waals surface area contributed by atoms with E-state index in [1.54, 1.807) is 6.07 Å². The molecule has 0 radical (unpaired) electrons. The number of hydrogen-bond acceptors (Lipinski definition) is 5. The monoisotopic (exact) mass is 445 g/mol. The molecule has 3 heterocycles. The maximum Gasteiger partial charge on any atom is 0.417 e. The molecule has 0 fully saturated rings. The van der Waals surface area contributed by atoms with Crippen LogP contribution in [0, 0.1) is 0 Å². The third kappa shape index (κ3) is 3.70. The standard InChI is InChI=1S/C17H11ClF3N3O4S/c18-12-6-10(17(19,20)21)8-22-16(12)24-5-1-2-15(24)29(25,26)23-11-3-4-13-14(7-11)28-9-27-13/h1-8,23H,9H2. The molecule has 1 aliphatic heterocycles. The highest BCUT2D eigenvalue weighted by Gasteiger charge is 2.32. The molecule has 0 spiro atoms. The van der Waals surface area contributed by atoms with Gasteiger partial charge in [-0.1, -0.05) is 11.6 Å². The second kappa shape index (κ2) is 6.85. The summed E-state index contributed by atoms with van der Waals surface area (Å²) in [5.74, 6) is 0.709. The van der Waals surface area contributed by atoms with Gasteiger partial charge in [-0.3, -0.25) is 9.29 Å². The van der Waals surface area contributed by atoms with Crippen molar-refractivity contribution in [2.24, 2.45) is 0 Å².